The van der Waals surface area contributed by atoms with Gasteiger partial charge < -0.3 is 15.2 Å². The molecule has 146 valence electrons. The molecule has 1 heterocycles. The lowest BCUT2D eigenvalue weighted by atomic mass is 9.49. The van der Waals surface area contributed by atoms with Gasteiger partial charge in [0.1, 0.15) is 0 Å². The molecule has 0 aromatic carbocycles. The van der Waals surface area contributed by atoms with Gasteiger partial charge in [0.2, 0.25) is 11.8 Å². The van der Waals surface area contributed by atoms with E-state index in [9.17, 15) is 4.79 Å². The average molecular weight is 383 g/mol. The van der Waals surface area contributed by atoms with Crippen LogP contribution < -0.4 is 10.6 Å². The Morgan fingerprint density at radius 1 is 1.23 bits per heavy atom. The van der Waals surface area contributed by atoms with E-state index in [4.69, 9.17) is 4.52 Å². The Morgan fingerprint density at radius 2 is 1.85 bits per heavy atom. The molecule has 4 saturated carbocycles. The minimum absolute atomic E-state index is 0. The van der Waals surface area contributed by atoms with E-state index in [2.05, 4.69) is 27.7 Å². The SMILES string of the molecule is CNC(C)Cc1noc(CNC(=O)CC23CC4CC(CC(C4)C2)C3)n1.Cl. The predicted molar refractivity (Wildman–Crippen MR) is 101 cm³/mol. The third-order valence-electron chi connectivity index (χ3n) is 6.63. The van der Waals surface area contributed by atoms with Gasteiger partial charge in [0.05, 0.1) is 6.54 Å². The van der Waals surface area contributed by atoms with Gasteiger partial charge >= 0.3 is 0 Å². The van der Waals surface area contributed by atoms with Crippen molar-refractivity contribution in [2.24, 2.45) is 23.2 Å². The fraction of sp³-hybridized carbons (Fsp3) is 0.842. The molecule has 0 radical (unpaired) electrons. The van der Waals surface area contributed by atoms with Crippen molar-refractivity contribution in [3.63, 3.8) is 0 Å². The molecule has 7 heteroatoms. The van der Waals surface area contributed by atoms with Gasteiger partial charge in [0.25, 0.3) is 0 Å². The first-order valence-electron chi connectivity index (χ1n) is 9.79. The van der Waals surface area contributed by atoms with E-state index in [1.165, 1.54) is 38.5 Å². The Bertz CT molecular complexity index is 598. The quantitative estimate of drug-likeness (QED) is 0.757. The molecule has 1 unspecified atom stereocenters. The van der Waals surface area contributed by atoms with E-state index in [0.29, 0.717) is 30.7 Å². The van der Waals surface area contributed by atoms with Gasteiger partial charge in [-0.2, -0.15) is 4.98 Å². The number of carbonyl (C=O) groups is 1. The molecule has 0 aliphatic heterocycles. The average Bonchev–Trinajstić information content (AvgIpc) is 2.98. The van der Waals surface area contributed by atoms with Crippen LogP contribution in [0.2, 0.25) is 0 Å². The normalized spacial score (nSPS) is 32.9. The highest BCUT2D eigenvalue weighted by molar-refractivity contribution is 5.85. The molecule has 5 rings (SSSR count). The Hall–Kier alpha value is -1.14. The third-order valence-corrected chi connectivity index (χ3v) is 6.63. The third kappa shape index (κ3) is 4.22. The number of hydrogen-bond acceptors (Lipinski definition) is 5. The zero-order valence-corrected chi connectivity index (χ0v) is 16.6. The highest BCUT2D eigenvalue weighted by Gasteiger charge is 2.51. The van der Waals surface area contributed by atoms with Crippen molar-refractivity contribution in [3.05, 3.63) is 11.7 Å². The molecule has 1 atom stereocenters. The van der Waals surface area contributed by atoms with Crippen LogP contribution in [0.25, 0.3) is 0 Å². The summed E-state index contributed by atoms with van der Waals surface area (Å²) < 4.78 is 5.25. The smallest absolute Gasteiger partial charge is 0.246 e. The second-order valence-electron chi connectivity index (χ2n) is 8.87. The number of rotatable bonds is 7. The summed E-state index contributed by atoms with van der Waals surface area (Å²) in [6.45, 7) is 2.41. The lowest BCUT2D eigenvalue weighted by Crippen LogP contribution is -2.47. The van der Waals surface area contributed by atoms with Crippen molar-refractivity contribution >= 4 is 18.3 Å². The van der Waals surface area contributed by atoms with Gasteiger partial charge in [-0.05, 0) is 75.7 Å². The lowest BCUT2D eigenvalue weighted by Gasteiger charge is -2.56. The molecular formula is C19H31ClN4O2. The Morgan fingerprint density at radius 3 is 2.42 bits per heavy atom. The number of hydrogen-bond donors (Lipinski definition) is 2. The van der Waals surface area contributed by atoms with Crippen molar-refractivity contribution in [2.45, 2.75) is 70.9 Å². The van der Waals surface area contributed by atoms with Crippen LogP contribution in [0.5, 0.6) is 0 Å². The highest BCUT2D eigenvalue weighted by atomic mass is 35.5. The molecule has 6 nitrogen and oxygen atoms in total. The van der Waals surface area contributed by atoms with E-state index in [1.807, 2.05) is 7.05 Å². The largest absolute Gasteiger partial charge is 0.347 e. The predicted octanol–water partition coefficient (Wildman–Crippen LogP) is 2.86. The minimum Gasteiger partial charge on any atom is -0.347 e. The molecule has 4 aliphatic rings. The van der Waals surface area contributed by atoms with Crippen LogP contribution in [0.1, 0.15) is 63.6 Å². The van der Waals surface area contributed by atoms with Crippen molar-refractivity contribution in [1.29, 1.82) is 0 Å². The van der Waals surface area contributed by atoms with E-state index in [-0.39, 0.29) is 23.7 Å². The standard InChI is InChI=1S/C19H30N4O2.ClH/c1-12(20-2)3-16-22-18(25-23-16)11-21-17(24)10-19-7-13-4-14(8-19)6-15(5-13)9-19;/h12-15,20H,3-11H2,1-2H3,(H,21,24);1H. The first-order valence-corrected chi connectivity index (χ1v) is 9.79. The summed E-state index contributed by atoms with van der Waals surface area (Å²) in [6, 6.07) is 0.302. The van der Waals surface area contributed by atoms with Gasteiger partial charge in [-0.3, -0.25) is 4.79 Å². The summed E-state index contributed by atoms with van der Waals surface area (Å²) in [5, 5.41) is 10.1. The van der Waals surface area contributed by atoms with Gasteiger partial charge in [0.15, 0.2) is 5.82 Å². The topological polar surface area (TPSA) is 80.0 Å². The Labute approximate surface area is 161 Å². The summed E-state index contributed by atoms with van der Waals surface area (Å²) in [6.07, 6.45) is 9.43. The monoisotopic (exact) mass is 382 g/mol. The molecule has 0 saturated heterocycles. The number of likely N-dealkylation sites (N-methyl/N-ethyl adjacent to an activating group) is 1. The first kappa shape index (κ1) is 19.6. The number of nitrogens with zero attached hydrogens (tertiary/aromatic N) is 2. The maximum absolute atomic E-state index is 12.5. The van der Waals surface area contributed by atoms with E-state index in [0.717, 1.165) is 24.2 Å². The number of amides is 1. The van der Waals surface area contributed by atoms with Crippen LogP contribution in [0.15, 0.2) is 4.52 Å². The molecule has 2 N–H and O–H groups in total. The zero-order valence-electron chi connectivity index (χ0n) is 15.8. The summed E-state index contributed by atoms with van der Waals surface area (Å²) in [7, 11) is 1.91. The van der Waals surface area contributed by atoms with Crippen LogP contribution in [-0.2, 0) is 17.8 Å². The van der Waals surface area contributed by atoms with Gasteiger partial charge in [-0.25, -0.2) is 0 Å². The zero-order chi connectivity index (χ0) is 17.4. The second-order valence-corrected chi connectivity index (χ2v) is 8.87. The van der Waals surface area contributed by atoms with Crippen LogP contribution in [0.4, 0.5) is 0 Å². The number of nitrogens with one attached hydrogen (secondary N) is 2. The van der Waals surface area contributed by atoms with E-state index in [1.54, 1.807) is 0 Å². The van der Waals surface area contributed by atoms with Crippen LogP contribution in [0.3, 0.4) is 0 Å². The lowest BCUT2D eigenvalue weighted by molar-refractivity contribution is -0.129. The van der Waals surface area contributed by atoms with Gasteiger partial charge in [-0.1, -0.05) is 5.16 Å². The molecule has 1 amide bonds. The van der Waals surface area contributed by atoms with Gasteiger partial charge in [0, 0.05) is 18.9 Å². The summed E-state index contributed by atoms with van der Waals surface area (Å²) in [4.78, 5) is 16.9. The number of carbonyl (C=O) groups excluding carboxylic acids is 1. The fourth-order valence-corrected chi connectivity index (χ4v) is 5.90. The van der Waals surface area contributed by atoms with E-state index >= 15 is 0 Å². The van der Waals surface area contributed by atoms with Crippen LogP contribution in [-0.4, -0.2) is 29.1 Å². The maximum atomic E-state index is 12.5. The van der Waals surface area contributed by atoms with Gasteiger partial charge in [-0.15, -0.1) is 12.4 Å². The Kier molecular flexibility index (Phi) is 5.92. The summed E-state index contributed by atoms with van der Waals surface area (Å²) in [5.41, 5.74) is 0.279. The fourth-order valence-electron chi connectivity index (χ4n) is 5.90. The molecule has 0 spiro atoms. The minimum atomic E-state index is 0. The first-order chi connectivity index (χ1) is 12.0. The summed E-state index contributed by atoms with van der Waals surface area (Å²) in [5.74, 6) is 3.97. The molecule has 4 aliphatic carbocycles. The molecule has 1 aromatic rings. The number of aromatic nitrogens is 2. The summed E-state index contributed by atoms with van der Waals surface area (Å²) >= 11 is 0. The van der Waals surface area contributed by atoms with Crippen molar-refractivity contribution in [3.8, 4) is 0 Å². The maximum Gasteiger partial charge on any atom is 0.246 e. The number of halogens is 1. The molecular weight excluding hydrogens is 352 g/mol. The van der Waals surface area contributed by atoms with Crippen LogP contribution >= 0.6 is 12.4 Å². The molecule has 26 heavy (non-hydrogen) atoms. The molecule has 1 aromatic heterocycles. The van der Waals surface area contributed by atoms with Crippen molar-refractivity contribution < 1.29 is 9.32 Å². The van der Waals surface area contributed by atoms with Crippen molar-refractivity contribution in [1.82, 2.24) is 20.8 Å². The molecule has 4 fully saturated rings. The second kappa shape index (κ2) is 7.85. The Balaban J connectivity index is 0.00000196. The molecule has 4 bridgehead atoms. The van der Waals surface area contributed by atoms with Crippen LogP contribution in [0, 0.1) is 23.2 Å². The van der Waals surface area contributed by atoms with E-state index < -0.39 is 0 Å². The highest BCUT2D eigenvalue weighted by Crippen LogP contribution is 2.61. The van der Waals surface area contributed by atoms with Crippen molar-refractivity contribution in [2.75, 3.05) is 7.05 Å².